The highest BCUT2D eigenvalue weighted by Crippen LogP contribution is 2.21. The lowest BCUT2D eigenvalue weighted by atomic mass is 10.2. The number of nitro groups is 1. The minimum Gasteiger partial charge on any atom is -0.329 e. The summed E-state index contributed by atoms with van der Waals surface area (Å²) in [6.07, 6.45) is 1.34. The normalized spacial score (nSPS) is 10.4. The van der Waals surface area contributed by atoms with Gasteiger partial charge in [-0.25, -0.2) is 4.39 Å². The van der Waals surface area contributed by atoms with Gasteiger partial charge in [-0.15, -0.1) is 5.10 Å². The molecule has 0 aliphatic heterocycles. The fraction of sp³-hybridized carbons (Fsp3) is 0.182. The van der Waals surface area contributed by atoms with Crippen LogP contribution < -0.4 is 11.1 Å². The number of carbonyl (C=O) groups is 1. The van der Waals surface area contributed by atoms with Crippen LogP contribution in [0, 0.1) is 15.9 Å². The van der Waals surface area contributed by atoms with Crippen molar-refractivity contribution in [3.05, 3.63) is 46.0 Å². The number of rotatable bonds is 5. The molecular formula is C11H11FN6O3. The summed E-state index contributed by atoms with van der Waals surface area (Å²) in [7, 11) is 0. The SMILES string of the molecule is NCCn1cc(C(=O)Nc2cc([N+](=O)[O-])ccc2F)nn1. The van der Waals surface area contributed by atoms with Crippen LogP contribution in [0.25, 0.3) is 0 Å². The van der Waals surface area contributed by atoms with Gasteiger partial charge in [-0.2, -0.15) is 0 Å². The summed E-state index contributed by atoms with van der Waals surface area (Å²) in [6, 6.07) is 2.83. The lowest BCUT2D eigenvalue weighted by Gasteiger charge is -2.04. The average Bonchev–Trinajstić information content (AvgIpc) is 2.90. The molecule has 0 saturated carbocycles. The summed E-state index contributed by atoms with van der Waals surface area (Å²) in [5.74, 6) is -1.51. The summed E-state index contributed by atoms with van der Waals surface area (Å²) in [5.41, 5.74) is 4.65. The first kappa shape index (κ1) is 14.5. The molecule has 2 rings (SSSR count). The molecule has 9 nitrogen and oxygen atoms in total. The molecule has 1 heterocycles. The first-order chi connectivity index (χ1) is 10.0. The maximum absolute atomic E-state index is 13.5. The molecule has 0 bridgehead atoms. The second kappa shape index (κ2) is 6.05. The van der Waals surface area contributed by atoms with Crippen molar-refractivity contribution >= 4 is 17.3 Å². The first-order valence-corrected chi connectivity index (χ1v) is 5.86. The second-order valence-electron chi connectivity index (χ2n) is 4.03. The molecular weight excluding hydrogens is 283 g/mol. The number of nitrogens with two attached hydrogens (primary N) is 1. The number of nitrogens with one attached hydrogen (secondary N) is 1. The van der Waals surface area contributed by atoms with Gasteiger partial charge in [-0.1, -0.05) is 5.21 Å². The number of nitrogens with zero attached hydrogens (tertiary/aromatic N) is 4. The molecule has 0 fully saturated rings. The van der Waals surface area contributed by atoms with Gasteiger partial charge in [0.15, 0.2) is 5.69 Å². The molecule has 1 amide bonds. The van der Waals surface area contributed by atoms with Crippen molar-refractivity contribution in [1.29, 1.82) is 0 Å². The Labute approximate surface area is 117 Å². The van der Waals surface area contributed by atoms with E-state index < -0.39 is 16.6 Å². The summed E-state index contributed by atoms with van der Waals surface area (Å²) in [6.45, 7) is 0.704. The van der Waals surface area contributed by atoms with Crippen LogP contribution in [0.3, 0.4) is 0 Å². The van der Waals surface area contributed by atoms with Crippen LogP contribution in [0.1, 0.15) is 10.5 Å². The number of hydrogen-bond acceptors (Lipinski definition) is 6. The smallest absolute Gasteiger partial charge is 0.277 e. The highest BCUT2D eigenvalue weighted by molar-refractivity contribution is 6.02. The topological polar surface area (TPSA) is 129 Å². The monoisotopic (exact) mass is 294 g/mol. The number of hydrogen-bond donors (Lipinski definition) is 2. The molecule has 10 heteroatoms. The van der Waals surface area contributed by atoms with E-state index in [4.69, 9.17) is 5.73 Å². The van der Waals surface area contributed by atoms with Crippen molar-refractivity contribution in [3.63, 3.8) is 0 Å². The maximum Gasteiger partial charge on any atom is 0.277 e. The minimum atomic E-state index is -0.789. The van der Waals surface area contributed by atoms with Gasteiger partial charge in [-0.05, 0) is 6.07 Å². The fourth-order valence-electron chi connectivity index (χ4n) is 1.55. The van der Waals surface area contributed by atoms with E-state index in [0.29, 0.717) is 13.1 Å². The van der Waals surface area contributed by atoms with Crippen LogP contribution in [-0.2, 0) is 6.54 Å². The third-order valence-corrected chi connectivity index (χ3v) is 2.54. The van der Waals surface area contributed by atoms with Crippen molar-refractivity contribution in [1.82, 2.24) is 15.0 Å². The summed E-state index contributed by atoms with van der Waals surface area (Å²) >= 11 is 0. The zero-order chi connectivity index (χ0) is 15.4. The number of aromatic nitrogens is 3. The van der Waals surface area contributed by atoms with Crippen molar-refractivity contribution < 1.29 is 14.1 Å². The third kappa shape index (κ3) is 3.36. The van der Waals surface area contributed by atoms with E-state index in [1.807, 2.05) is 0 Å². The van der Waals surface area contributed by atoms with Crippen molar-refractivity contribution in [2.24, 2.45) is 5.73 Å². The van der Waals surface area contributed by atoms with Gasteiger partial charge in [0.2, 0.25) is 0 Å². The Morgan fingerprint density at radius 2 is 2.29 bits per heavy atom. The van der Waals surface area contributed by atoms with E-state index in [1.54, 1.807) is 0 Å². The molecule has 0 radical (unpaired) electrons. The Morgan fingerprint density at radius 3 is 2.95 bits per heavy atom. The largest absolute Gasteiger partial charge is 0.329 e. The molecule has 0 unspecified atom stereocenters. The summed E-state index contributed by atoms with van der Waals surface area (Å²) in [5, 5.41) is 20.1. The fourth-order valence-corrected chi connectivity index (χ4v) is 1.55. The molecule has 3 N–H and O–H groups in total. The number of nitro benzene ring substituents is 1. The Morgan fingerprint density at radius 1 is 1.52 bits per heavy atom. The molecule has 0 spiro atoms. The lowest BCUT2D eigenvalue weighted by Crippen LogP contribution is -2.14. The van der Waals surface area contributed by atoms with E-state index in [2.05, 4.69) is 15.6 Å². The van der Waals surface area contributed by atoms with E-state index >= 15 is 0 Å². The zero-order valence-electron chi connectivity index (χ0n) is 10.7. The van der Waals surface area contributed by atoms with E-state index in [1.165, 1.54) is 10.9 Å². The molecule has 0 atom stereocenters. The van der Waals surface area contributed by atoms with Crippen LogP contribution in [0.15, 0.2) is 24.4 Å². The number of anilines is 1. The Hall–Kier alpha value is -2.88. The van der Waals surface area contributed by atoms with Crippen LogP contribution in [-0.4, -0.2) is 32.4 Å². The molecule has 110 valence electrons. The van der Waals surface area contributed by atoms with Gasteiger partial charge in [0, 0.05) is 18.7 Å². The Balaban J connectivity index is 2.18. The Kier molecular flexibility index (Phi) is 4.18. The summed E-state index contributed by atoms with van der Waals surface area (Å²) < 4.78 is 14.9. The van der Waals surface area contributed by atoms with E-state index in [-0.39, 0.29) is 17.1 Å². The van der Waals surface area contributed by atoms with Gasteiger partial charge in [0.25, 0.3) is 11.6 Å². The number of halogens is 1. The van der Waals surface area contributed by atoms with Crippen LogP contribution >= 0.6 is 0 Å². The van der Waals surface area contributed by atoms with Crippen molar-refractivity contribution in [2.75, 3.05) is 11.9 Å². The molecule has 1 aromatic carbocycles. The standard InChI is InChI=1S/C11H11FN6O3/c12-8-2-1-7(18(20)21)5-9(8)14-11(19)10-6-17(4-3-13)16-15-10/h1-2,5-6H,3-4,13H2,(H,14,19). The van der Waals surface area contributed by atoms with E-state index in [9.17, 15) is 19.3 Å². The predicted octanol–water partition coefficient (Wildman–Crippen LogP) is 0.536. The lowest BCUT2D eigenvalue weighted by molar-refractivity contribution is -0.384. The zero-order valence-corrected chi connectivity index (χ0v) is 10.7. The van der Waals surface area contributed by atoms with Gasteiger partial charge < -0.3 is 11.1 Å². The molecule has 1 aromatic heterocycles. The molecule has 0 aliphatic rings. The maximum atomic E-state index is 13.5. The number of benzene rings is 1. The summed E-state index contributed by atoms with van der Waals surface area (Å²) in [4.78, 5) is 21.8. The first-order valence-electron chi connectivity index (χ1n) is 5.86. The second-order valence-corrected chi connectivity index (χ2v) is 4.03. The van der Waals surface area contributed by atoms with Gasteiger partial charge >= 0.3 is 0 Å². The molecule has 0 aliphatic carbocycles. The van der Waals surface area contributed by atoms with Crippen molar-refractivity contribution in [3.8, 4) is 0 Å². The van der Waals surface area contributed by atoms with Gasteiger partial charge in [0.05, 0.1) is 23.4 Å². The highest BCUT2D eigenvalue weighted by atomic mass is 19.1. The molecule has 0 saturated heterocycles. The average molecular weight is 294 g/mol. The number of carbonyl (C=O) groups excluding carboxylic acids is 1. The van der Waals surface area contributed by atoms with Gasteiger partial charge in [-0.3, -0.25) is 19.6 Å². The van der Waals surface area contributed by atoms with Gasteiger partial charge in [0.1, 0.15) is 5.82 Å². The third-order valence-electron chi connectivity index (χ3n) is 2.54. The quantitative estimate of drug-likeness (QED) is 0.611. The predicted molar refractivity (Wildman–Crippen MR) is 70.1 cm³/mol. The molecule has 2 aromatic rings. The van der Waals surface area contributed by atoms with Crippen LogP contribution in [0.5, 0.6) is 0 Å². The van der Waals surface area contributed by atoms with Crippen molar-refractivity contribution in [2.45, 2.75) is 6.54 Å². The minimum absolute atomic E-state index is 0.0469. The van der Waals surface area contributed by atoms with E-state index in [0.717, 1.165) is 18.2 Å². The molecule has 21 heavy (non-hydrogen) atoms. The highest BCUT2D eigenvalue weighted by Gasteiger charge is 2.16. The number of non-ortho nitro benzene ring substituents is 1. The number of amides is 1. The van der Waals surface area contributed by atoms with Crippen LogP contribution in [0.2, 0.25) is 0 Å². The Bertz CT molecular complexity index is 686. The van der Waals surface area contributed by atoms with Crippen LogP contribution in [0.4, 0.5) is 15.8 Å².